The van der Waals surface area contributed by atoms with Crippen LogP contribution in [0.1, 0.15) is 0 Å². The standard InChI is InChI=1S/C7H7F2NO/c1-10-6-3-4(11)2-5(8)7(6)9/h2-3,10-11H,1H3. The third-order valence-electron chi connectivity index (χ3n) is 1.28. The second kappa shape index (κ2) is 2.74. The first-order valence-corrected chi connectivity index (χ1v) is 3.01. The first kappa shape index (κ1) is 7.78. The monoisotopic (exact) mass is 159 g/mol. The van der Waals surface area contributed by atoms with Crippen molar-refractivity contribution < 1.29 is 13.9 Å². The molecule has 0 amide bonds. The lowest BCUT2D eigenvalue weighted by molar-refractivity contribution is 0.456. The minimum Gasteiger partial charge on any atom is -0.508 e. The second-order valence-corrected chi connectivity index (χ2v) is 2.04. The van der Waals surface area contributed by atoms with Gasteiger partial charge in [-0.2, -0.15) is 0 Å². The Bertz CT molecular complexity index is 275. The van der Waals surface area contributed by atoms with Crippen LogP contribution in [0.2, 0.25) is 0 Å². The maximum atomic E-state index is 12.6. The lowest BCUT2D eigenvalue weighted by atomic mass is 10.3. The van der Waals surface area contributed by atoms with E-state index in [0.29, 0.717) is 0 Å². The molecule has 0 bridgehead atoms. The number of hydrogen-bond acceptors (Lipinski definition) is 2. The van der Waals surface area contributed by atoms with E-state index in [-0.39, 0.29) is 11.4 Å². The predicted octanol–water partition coefficient (Wildman–Crippen LogP) is 1.71. The van der Waals surface area contributed by atoms with Gasteiger partial charge in [0, 0.05) is 19.2 Å². The number of benzene rings is 1. The van der Waals surface area contributed by atoms with E-state index in [2.05, 4.69) is 5.32 Å². The topological polar surface area (TPSA) is 32.3 Å². The molecule has 0 aromatic heterocycles. The van der Waals surface area contributed by atoms with Crippen LogP contribution in [0.25, 0.3) is 0 Å². The molecule has 1 aromatic carbocycles. The quantitative estimate of drug-likeness (QED) is 0.653. The molecule has 0 radical (unpaired) electrons. The zero-order chi connectivity index (χ0) is 8.43. The smallest absolute Gasteiger partial charge is 0.182 e. The molecule has 0 aliphatic rings. The van der Waals surface area contributed by atoms with Crippen molar-refractivity contribution in [3.63, 3.8) is 0 Å². The highest BCUT2D eigenvalue weighted by molar-refractivity contribution is 5.49. The van der Waals surface area contributed by atoms with E-state index in [1.165, 1.54) is 7.05 Å². The van der Waals surface area contributed by atoms with Crippen molar-refractivity contribution in [2.75, 3.05) is 12.4 Å². The number of halogens is 2. The molecule has 4 heteroatoms. The van der Waals surface area contributed by atoms with Crippen LogP contribution >= 0.6 is 0 Å². The van der Waals surface area contributed by atoms with Crippen molar-refractivity contribution in [2.24, 2.45) is 0 Å². The number of rotatable bonds is 1. The van der Waals surface area contributed by atoms with Crippen molar-refractivity contribution in [3.05, 3.63) is 23.8 Å². The van der Waals surface area contributed by atoms with Gasteiger partial charge in [0.25, 0.3) is 0 Å². The average Bonchev–Trinajstić information content (AvgIpc) is 1.96. The summed E-state index contributed by atoms with van der Waals surface area (Å²) in [5.41, 5.74) is -0.0532. The van der Waals surface area contributed by atoms with Crippen LogP contribution in [-0.2, 0) is 0 Å². The van der Waals surface area contributed by atoms with Gasteiger partial charge in [-0.1, -0.05) is 0 Å². The van der Waals surface area contributed by atoms with Crippen LogP contribution in [0.5, 0.6) is 5.75 Å². The summed E-state index contributed by atoms with van der Waals surface area (Å²) in [6, 6.07) is 1.83. The fraction of sp³-hybridized carbons (Fsp3) is 0.143. The molecule has 11 heavy (non-hydrogen) atoms. The molecule has 0 unspecified atom stereocenters. The molecular formula is C7H7F2NO. The Kier molecular flexibility index (Phi) is 1.94. The van der Waals surface area contributed by atoms with Crippen LogP contribution in [0.4, 0.5) is 14.5 Å². The van der Waals surface area contributed by atoms with E-state index < -0.39 is 11.6 Å². The normalized spacial score (nSPS) is 9.73. The van der Waals surface area contributed by atoms with E-state index in [0.717, 1.165) is 12.1 Å². The zero-order valence-corrected chi connectivity index (χ0v) is 5.86. The lowest BCUT2D eigenvalue weighted by Crippen LogP contribution is -1.94. The number of phenolic OH excluding ortho intramolecular Hbond substituents is 1. The molecule has 0 heterocycles. The summed E-state index contributed by atoms with van der Waals surface area (Å²) >= 11 is 0. The van der Waals surface area contributed by atoms with Gasteiger partial charge in [0.1, 0.15) is 5.75 Å². The zero-order valence-electron chi connectivity index (χ0n) is 5.86. The second-order valence-electron chi connectivity index (χ2n) is 2.04. The van der Waals surface area contributed by atoms with E-state index in [1.54, 1.807) is 0 Å². The van der Waals surface area contributed by atoms with Crippen LogP contribution in [-0.4, -0.2) is 12.2 Å². The summed E-state index contributed by atoms with van der Waals surface area (Å²) in [6.07, 6.45) is 0. The van der Waals surface area contributed by atoms with Crippen molar-refractivity contribution in [3.8, 4) is 5.75 Å². The minimum atomic E-state index is -1.06. The third-order valence-corrected chi connectivity index (χ3v) is 1.28. The highest BCUT2D eigenvalue weighted by Crippen LogP contribution is 2.22. The van der Waals surface area contributed by atoms with Crippen molar-refractivity contribution in [1.29, 1.82) is 0 Å². The van der Waals surface area contributed by atoms with Gasteiger partial charge in [0.2, 0.25) is 0 Å². The predicted molar refractivity (Wildman–Crippen MR) is 37.6 cm³/mol. The van der Waals surface area contributed by atoms with Gasteiger partial charge in [-0.25, -0.2) is 8.78 Å². The number of phenols is 1. The fourth-order valence-corrected chi connectivity index (χ4v) is 0.757. The molecule has 0 aliphatic heterocycles. The molecule has 0 fully saturated rings. The first-order chi connectivity index (χ1) is 5.15. The van der Waals surface area contributed by atoms with Crippen molar-refractivity contribution >= 4 is 5.69 Å². The summed E-state index contributed by atoms with van der Waals surface area (Å²) in [4.78, 5) is 0. The molecule has 0 saturated heterocycles. The molecular weight excluding hydrogens is 152 g/mol. The number of nitrogens with one attached hydrogen (secondary N) is 1. The SMILES string of the molecule is CNc1cc(O)cc(F)c1F. The van der Waals surface area contributed by atoms with Crippen LogP contribution < -0.4 is 5.32 Å². The van der Waals surface area contributed by atoms with E-state index in [9.17, 15) is 8.78 Å². The molecule has 2 N–H and O–H groups in total. The lowest BCUT2D eigenvalue weighted by Gasteiger charge is -2.02. The molecule has 60 valence electrons. The van der Waals surface area contributed by atoms with Crippen LogP contribution in [0, 0.1) is 11.6 Å². The van der Waals surface area contributed by atoms with Crippen LogP contribution in [0.3, 0.4) is 0 Å². The number of aromatic hydroxyl groups is 1. The molecule has 0 aliphatic carbocycles. The minimum absolute atomic E-state index is 0.0532. The van der Waals surface area contributed by atoms with E-state index in [4.69, 9.17) is 5.11 Å². The number of hydrogen-bond donors (Lipinski definition) is 2. The molecule has 0 spiro atoms. The number of anilines is 1. The highest BCUT2D eigenvalue weighted by atomic mass is 19.2. The summed E-state index contributed by atoms with van der Waals surface area (Å²) < 4.78 is 25.1. The largest absolute Gasteiger partial charge is 0.508 e. The first-order valence-electron chi connectivity index (χ1n) is 3.01. The maximum absolute atomic E-state index is 12.6. The molecule has 0 atom stereocenters. The summed E-state index contributed by atoms with van der Waals surface area (Å²) in [5, 5.41) is 11.2. The Hall–Kier alpha value is -1.32. The molecule has 1 aromatic rings. The van der Waals surface area contributed by atoms with Gasteiger partial charge in [-0.3, -0.25) is 0 Å². The van der Waals surface area contributed by atoms with Crippen molar-refractivity contribution in [2.45, 2.75) is 0 Å². The van der Waals surface area contributed by atoms with Gasteiger partial charge in [-0.05, 0) is 0 Å². The van der Waals surface area contributed by atoms with Gasteiger partial charge in [0.05, 0.1) is 5.69 Å². The average molecular weight is 159 g/mol. The fourth-order valence-electron chi connectivity index (χ4n) is 0.757. The Morgan fingerprint density at radius 3 is 2.55 bits per heavy atom. The Labute approximate surface area is 62.5 Å². The maximum Gasteiger partial charge on any atom is 0.182 e. The van der Waals surface area contributed by atoms with E-state index in [1.807, 2.05) is 0 Å². The van der Waals surface area contributed by atoms with Gasteiger partial charge >= 0.3 is 0 Å². The summed E-state index contributed by atoms with van der Waals surface area (Å²) in [6.45, 7) is 0. The van der Waals surface area contributed by atoms with Crippen LogP contribution in [0.15, 0.2) is 12.1 Å². The molecule has 1 rings (SSSR count). The molecule has 2 nitrogen and oxygen atoms in total. The van der Waals surface area contributed by atoms with Gasteiger partial charge in [0.15, 0.2) is 11.6 Å². The third kappa shape index (κ3) is 1.39. The highest BCUT2D eigenvalue weighted by Gasteiger charge is 2.08. The van der Waals surface area contributed by atoms with E-state index >= 15 is 0 Å². The van der Waals surface area contributed by atoms with Gasteiger partial charge in [-0.15, -0.1) is 0 Å². The summed E-state index contributed by atoms with van der Waals surface area (Å²) in [7, 11) is 1.44. The van der Waals surface area contributed by atoms with Crippen molar-refractivity contribution in [1.82, 2.24) is 0 Å². The molecule has 0 saturated carbocycles. The Morgan fingerprint density at radius 1 is 1.36 bits per heavy atom. The Morgan fingerprint density at radius 2 is 2.00 bits per heavy atom. The van der Waals surface area contributed by atoms with Gasteiger partial charge < -0.3 is 10.4 Å². The Balaban J connectivity index is 3.24. The summed E-state index contributed by atoms with van der Waals surface area (Å²) in [5.74, 6) is -2.34.